The molecule has 6 nitrogen and oxygen atoms in total. The molecule has 6 heteroatoms. The molecule has 178 valence electrons. The standard InChI is InChI=1S/C29H28N2O4/c1-31-19-24(23-7-5-6-8-25(23)31)26(32)15-16-30-22-13-11-20(12-14-22)9-10-21-17-27(33-2)29(35-4)28(18-21)34-3/h5-19,30H,1-4H3. The van der Waals surface area contributed by atoms with Gasteiger partial charge in [-0.15, -0.1) is 0 Å². The average molecular weight is 469 g/mol. The van der Waals surface area contributed by atoms with Crippen LogP contribution in [0.2, 0.25) is 0 Å². The van der Waals surface area contributed by atoms with Gasteiger partial charge in [0, 0.05) is 47.7 Å². The number of benzene rings is 3. The summed E-state index contributed by atoms with van der Waals surface area (Å²) in [5.74, 6) is 1.74. The first-order chi connectivity index (χ1) is 17.0. The van der Waals surface area contributed by atoms with Gasteiger partial charge in [0.2, 0.25) is 5.75 Å². The fourth-order valence-corrected chi connectivity index (χ4v) is 3.92. The molecule has 3 aromatic carbocycles. The third-order valence-corrected chi connectivity index (χ3v) is 5.71. The van der Waals surface area contributed by atoms with E-state index in [2.05, 4.69) is 5.32 Å². The lowest BCUT2D eigenvalue weighted by Gasteiger charge is -2.12. The number of ether oxygens (including phenoxy) is 3. The number of hydrogen-bond acceptors (Lipinski definition) is 5. The number of methoxy groups -OCH3 is 3. The zero-order valence-electron chi connectivity index (χ0n) is 20.2. The van der Waals surface area contributed by atoms with Crippen molar-refractivity contribution in [3.63, 3.8) is 0 Å². The number of ketones is 1. The molecule has 0 spiro atoms. The molecule has 1 N–H and O–H groups in total. The SMILES string of the molecule is COc1cc(C=Cc2ccc(NC=CC(=O)c3cn(C)c4ccccc34)cc2)cc(OC)c1OC. The number of carbonyl (C=O) groups is 1. The van der Waals surface area contributed by atoms with Gasteiger partial charge in [-0.25, -0.2) is 0 Å². The van der Waals surface area contributed by atoms with Crippen LogP contribution in [-0.4, -0.2) is 31.7 Å². The molecular weight excluding hydrogens is 440 g/mol. The molecule has 0 aliphatic rings. The van der Waals surface area contributed by atoms with Gasteiger partial charge in [0.15, 0.2) is 17.3 Å². The average Bonchev–Trinajstić information content (AvgIpc) is 3.24. The van der Waals surface area contributed by atoms with Crippen LogP contribution in [-0.2, 0) is 7.05 Å². The highest BCUT2D eigenvalue weighted by molar-refractivity contribution is 6.13. The van der Waals surface area contributed by atoms with Gasteiger partial charge < -0.3 is 24.1 Å². The Bertz CT molecular complexity index is 1370. The third-order valence-electron chi connectivity index (χ3n) is 5.71. The van der Waals surface area contributed by atoms with E-state index < -0.39 is 0 Å². The Morgan fingerprint density at radius 1 is 0.857 bits per heavy atom. The minimum Gasteiger partial charge on any atom is -0.493 e. The number of nitrogens with zero attached hydrogens (tertiary/aromatic N) is 1. The molecule has 0 saturated carbocycles. The van der Waals surface area contributed by atoms with Crippen molar-refractivity contribution in [1.82, 2.24) is 4.57 Å². The predicted octanol–water partition coefficient (Wildman–Crippen LogP) is 6.18. The van der Waals surface area contributed by atoms with Gasteiger partial charge in [0.05, 0.1) is 21.3 Å². The topological polar surface area (TPSA) is 61.7 Å². The normalized spacial score (nSPS) is 11.3. The fraction of sp³-hybridized carbons (Fsp3) is 0.138. The molecular formula is C29H28N2O4. The van der Waals surface area contributed by atoms with Crippen LogP contribution < -0.4 is 19.5 Å². The number of rotatable bonds is 9. The Morgan fingerprint density at radius 2 is 1.51 bits per heavy atom. The van der Waals surface area contributed by atoms with Crippen LogP contribution >= 0.6 is 0 Å². The van der Waals surface area contributed by atoms with Crippen LogP contribution in [0.15, 0.2) is 79.1 Å². The Labute approximate surface area is 205 Å². The number of anilines is 1. The zero-order valence-corrected chi connectivity index (χ0v) is 20.2. The molecule has 0 aliphatic carbocycles. The predicted molar refractivity (Wildman–Crippen MR) is 141 cm³/mol. The summed E-state index contributed by atoms with van der Waals surface area (Å²) in [5, 5.41) is 4.12. The van der Waals surface area contributed by atoms with Crippen LogP contribution in [0.4, 0.5) is 5.69 Å². The minimum atomic E-state index is -0.0424. The largest absolute Gasteiger partial charge is 0.493 e. The summed E-state index contributed by atoms with van der Waals surface area (Å²) in [4.78, 5) is 12.7. The lowest BCUT2D eigenvalue weighted by atomic mass is 10.1. The summed E-state index contributed by atoms with van der Waals surface area (Å²) < 4.78 is 18.2. The monoisotopic (exact) mass is 468 g/mol. The fourth-order valence-electron chi connectivity index (χ4n) is 3.92. The van der Waals surface area contributed by atoms with E-state index in [4.69, 9.17) is 14.2 Å². The van der Waals surface area contributed by atoms with E-state index in [0.29, 0.717) is 22.8 Å². The van der Waals surface area contributed by atoms with E-state index in [1.165, 1.54) is 0 Å². The summed E-state index contributed by atoms with van der Waals surface area (Å²) in [7, 11) is 6.72. The maximum absolute atomic E-state index is 12.7. The van der Waals surface area contributed by atoms with Gasteiger partial charge in [-0.2, -0.15) is 0 Å². The van der Waals surface area contributed by atoms with Crippen molar-refractivity contribution in [3.8, 4) is 17.2 Å². The second-order valence-corrected chi connectivity index (χ2v) is 7.93. The molecule has 0 amide bonds. The Kier molecular flexibility index (Phi) is 7.21. The summed E-state index contributed by atoms with van der Waals surface area (Å²) in [6, 6.07) is 19.6. The van der Waals surface area contributed by atoms with Gasteiger partial charge >= 0.3 is 0 Å². The van der Waals surface area contributed by atoms with E-state index in [-0.39, 0.29) is 5.78 Å². The smallest absolute Gasteiger partial charge is 0.203 e. The Morgan fingerprint density at radius 3 is 2.17 bits per heavy atom. The van der Waals surface area contributed by atoms with E-state index in [0.717, 1.165) is 27.7 Å². The van der Waals surface area contributed by atoms with Crippen molar-refractivity contribution in [3.05, 3.63) is 95.8 Å². The van der Waals surface area contributed by atoms with E-state index in [1.54, 1.807) is 33.6 Å². The molecule has 0 aliphatic heterocycles. The number of fused-ring (bicyclic) bond motifs is 1. The quantitative estimate of drug-likeness (QED) is 0.180. The second-order valence-electron chi connectivity index (χ2n) is 7.93. The van der Waals surface area contributed by atoms with Crippen molar-refractivity contribution in [2.45, 2.75) is 0 Å². The molecule has 0 unspecified atom stereocenters. The van der Waals surface area contributed by atoms with Crippen molar-refractivity contribution in [2.75, 3.05) is 26.6 Å². The van der Waals surface area contributed by atoms with Crippen LogP contribution in [0.25, 0.3) is 23.1 Å². The van der Waals surface area contributed by atoms with Gasteiger partial charge in [-0.3, -0.25) is 4.79 Å². The van der Waals surface area contributed by atoms with Gasteiger partial charge in [0.1, 0.15) is 0 Å². The van der Waals surface area contributed by atoms with Crippen molar-refractivity contribution >= 4 is 34.5 Å². The molecule has 0 atom stereocenters. The third kappa shape index (κ3) is 5.22. The van der Waals surface area contributed by atoms with E-state index >= 15 is 0 Å². The summed E-state index contributed by atoms with van der Waals surface area (Å²) in [6.45, 7) is 0. The zero-order chi connectivity index (χ0) is 24.8. The number of carbonyl (C=O) groups excluding carboxylic acids is 1. The van der Waals surface area contributed by atoms with Crippen LogP contribution in [0.5, 0.6) is 17.2 Å². The summed E-state index contributed by atoms with van der Waals surface area (Å²) in [6.07, 6.45) is 9.08. The maximum Gasteiger partial charge on any atom is 0.203 e. The molecule has 4 aromatic rings. The van der Waals surface area contributed by atoms with Crippen molar-refractivity contribution in [1.29, 1.82) is 0 Å². The molecule has 0 radical (unpaired) electrons. The minimum absolute atomic E-state index is 0.0424. The van der Waals surface area contributed by atoms with E-state index in [9.17, 15) is 4.79 Å². The molecule has 0 fully saturated rings. The maximum atomic E-state index is 12.7. The first kappa shape index (κ1) is 23.7. The van der Waals surface area contributed by atoms with Gasteiger partial charge in [0.25, 0.3) is 0 Å². The van der Waals surface area contributed by atoms with Crippen LogP contribution in [0, 0.1) is 0 Å². The van der Waals surface area contributed by atoms with Crippen molar-refractivity contribution in [2.24, 2.45) is 7.05 Å². The summed E-state index contributed by atoms with van der Waals surface area (Å²) in [5.41, 5.74) is 4.56. The first-order valence-corrected chi connectivity index (χ1v) is 11.1. The van der Waals surface area contributed by atoms with Gasteiger partial charge in [-0.1, -0.05) is 42.5 Å². The number of allylic oxidation sites excluding steroid dienone is 1. The molecule has 4 rings (SSSR count). The second kappa shape index (κ2) is 10.7. The number of para-hydroxylation sites is 1. The number of nitrogens with one attached hydrogen (secondary N) is 1. The molecule has 35 heavy (non-hydrogen) atoms. The van der Waals surface area contributed by atoms with Gasteiger partial charge in [-0.05, 0) is 41.5 Å². The number of aryl methyl sites for hydroxylation is 1. The van der Waals surface area contributed by atoms with Crippen LogP contribution in [0.3, 0.4) is 0 Å². The highest BCUT2D eigenvalue weighted by Crippen LogP contribution is 2.38. The summed E-state index contributed by atoms with van der Waals surface area (Å²) >= 11 is 0. The molecule has 0 saturated heterocycles. The molecule has 0 bridgehead atoms. The lowest BCUT2D eigenvalue weighted by Crippen LogP contribution is -1.95. The first-order valence-electron chi connectivity index (χ1n) is 11.1. The number of aromatic nitrogens is 1. The molecule has 1 aromatic heterocycles. The highest BCUT2D eigenvalue weighted by Gasteiger charge is 2.12. The lowest BCUT2D eigenvalue weighted by molar-refractivity contribution is 0.104. The van der Waals surface area contributed by atoms with Crippen LogP contribution in [0.1, 0.15) is 21.5 Å². The van der Waals surface area contributed by atoms with E-state index in [1.807, 2.05) is 90.6 Å². The van der Waals surface area contributed by atoms with Crippen molar-refractivity contribution < 1.29 is 19.0 Å². The number of hydrogen-bond donors (Lipinski definition) is 1. The Hall–Kier alpha value is -4.45. The highest BCUT2D eigenvalue weighted by atomic mass is 16.5. The Balaban J connectivity index is 1.42. The molecule has 1 heterocycles.